The van der Waals surface area contributed by atoms with Crippen LogP contribution in [0, 0.1) is 5.92 Å². The van der Waals surface area contributed by atoms with E-state index in [2.05, 4.69) is 5.32 Å². The van der Waals surface area contributed by atoms with Gasteiger partial charge in [0.25, 0.3) is 0 Å². The van der Waals surface area contributed by atoms with Gasteiger partial charge in [-0.15, -0.1) is 0 Å². The number of rotatable bonds is 6. The Balaban J connectivity index is 5.15. The van der Waals surface area contributed by atoms with Gasteiger partial charge in [0.2, 0.25) is 5.91 Å². The van der Waals surface area contributed by atoms with Crippen LogP contribution in [0.5, 0.6) is 0 Å². The molecule has 94 valence electrons. The van der Waals surface area contributed by atoms with Crippen molar-refractivity contribution in [3.05, 3.63) is 0 Å². The standard InChI is InChI=1S/C9H18NO5P/c1-6(2)8(12)9(10-7(3)11)16(13,14-4)15-5/h6,9H,1-5H3,(H,10,11). The fraction of sp³-hybridized carbons (Fsp3) is 0.778. The monoisotopic (exact) mass is 251 g/mol. The minimum absolute atomic E-state index is 0.379. The van der Waals surface area contributed by atoms with E-state index in [9.17, 15) is 14.2 Å². The fourth-order valence-corrected chi connectivity index (χ4v) is 2.62. The summed E-state index contributed by atoms with van der Waals surface area (Å²) in [5.41, 5.74) is 0. The highest BCUT2D eigenvalue weighted by atomic mass is 31.2. The van der Waals surface area contributed by atoms with Gasteiger partial charge in [-0.05, 0) is 0 Å². The Bertz CT molecular complexity index is 307. The molecule has 0 saturated carbocycles. The molecular weight excluding hydrogens is 233 g/mol. The van der Waals surface area contributed by atoms with Crippen molar-refractivity contribution in [2.45, 2.75) is 26.6 Å². The lowest BCUT2D eigenvalue weighted by Gasteiger charge is -2.24. The van der Waals surface area contributed by atoms with Gasteiger partial charge in [0.05, 0.1) is 0 Å². The SMILES string of the molecule is COP(=O)(OC)C(NC(C)=O)C(=O)C(C)C. The highest BCUT2D eigenvalue weighted by Gasteiger charge is 2.41. The van der Waals surface area contributed by atoms with E-state index in [1.54, 1.807) is 13.8 Å². The lowest BCUT2D eigenvalue weighted by Crippen LogP contribution is -2.42. The summed E-state index contributed by atoms with van der Waals surface area (Å²) in [7, 11) is -1.29. The van der Waals surface area contributed by atoms with Crippen molar-refractivity contribution in [3.63, 3.8) is 0 Å². The van der Waals surface area contributed by atoms with E-state index in [1.165, 1.54) is 21.1 Å². The molecule has 0 spiro atoms. The van der Waals surface area contributed by atoms with Crippen molar-refractivity contribution in [2.24, 2.45) is 5.92 Å². The Hall–Kier alpha value is -0.710. The third kappa shape index (κ3) is 3.70. The number of nitrogens with one attached hydrogen (secondary N) is 1. The topological polar surface area (TPSA) is 81.7 Å². The number of hydrogen-bond acceptors (Lipinski definition) is 5. The maximum absolute atomic E-state index is 12.1. The summed E-state index contributed by atoms with van der Waals surface area (Å²) in [4.78, 5) is 22.8. The summed E-state index contributed by atoms with van der Waals surface area (Å²) in [5, 5.41) is 2.30. The molecule has 0 heterocycles. The summed E-state index contributed by atoms with van der Waals surface area (Å²) < 4.78 is 21.5. The molecule has 0 aromatic heterocycles. The van der Waals surface area contributed by atoms with Gasteiger partial charge in [-0.2, -0.15) is 0 Å². The summed E-state index contributed by atoms with van der Waals surface area (Å²) in [6.07, 6.45) is 0. The van der Waals surface area contributed by atoms with Gasteiger partial charge in [0, 0.05) is 27.1 Å². The first kappa shape index (κ1) is 15.3. The van der Waals surface area contributed by atoms with Gasteiger partial charge in [0.1, 0.15) is 0 Å². The van der Waals surface area contributed by atoms with Crippen LogP contribution < -0.4 is 5.32 Å². The smallest absolute Gasteiger partial charge is 0.336 e. The molecule has 0 bridgehead atoms. The van der Waals surface area contributed by atoms with Crippen LogP contribution in [0.3, 0.4) is 0 Å². The first-order chi connectivity index (χ1) is 7.28. The minimum atomic E-state index is -3.64. The molecule has 0 fully saturated rings. The predicted octanol–water partition coefficient (Wildman–Crippen LogP) is 1.16. The van der Waals surface area contributed by atoms with Crippen LogP contribution in [-0.4, -0.2) is 31.7 Å². The first-order valence-corrected chi connectivity index (χ1v) is 6.41. The average molecular weight is 251 g/mol. The molecule has 0 aliphatic carbocycles. The first-order valence-electron chi connectivity index (χ1n) is 4.80. The summed E-state index contributed by atoms with van der Waals surface area (Å²) in [6.45, 7) is 4.52. The third-order valence-corrected chi connectivity index (χ3v) is 4.04. The summed E-state index contributed by atoms with van der Waals surface area (Å²) in [6, 6.07) is 0. The number of Topliss-reactive ketones (excluding diaryl/α,β-unsaturated/α-hetero) is 1. The molecule has 0 rings (SSSR count). The number of amides is 1. The number of hydrogen-bond donors (Lipinski definition) is 1. The van der Waals surface area contributed by atoms with E-state index in [0.717, 1.165) is 0 Å². The molecule has 0 aliphatic heterocycles. The number of carbonyl (C=O) groups is 2. The van der Waals surface area contributed by atoms with Crippen LogP contribution in [-0.2, 0) is 23.2 Å². The molecule has 1 unspecified atom stereocenters. The second-order valence-electron chi connectivity index (χ2n) is 3.57. The molecule has 0 aromatic carbocycles. The van der Waals surface area contributed by atoms with Crippen LogP contribution in [0.2, 0.25) is 0 Å². The van der Waals surface area contributed by atoms with Crippen LogP contribution in [0.4, 0.5) is 0 Å². The largest absolute Gasteiger partial charge is 0.359 e. The quantitative estimate of drug-likeness (QED) is 0.716. The zero-order valence-corrected chi connectivity index (χ0v) is 11.0. The predicted molar refractivity (Wildman–Crippen MR) is 59.1 cm³/mol. The molecule has 0 radical (unpaired) electrons. The van der Waals surface area contributed by atoms with Gasteiger partial charge < -0.3 is 14.4 Å². The van der Waals surface area contributed by atoms with Crippen LogP contribution >= 0.6 is 7.60 Å². The molecule has 16 heavy (non-hydrogen) atoms. The van der Waals surface area contributed by atoms with E-state index in [0.29, 0.717) is 0 Å². The minimum Gasteiger partial charge on any atom is -0.336 e. The number of ketones is 1. The van der Waals surface area contributed by atoms with Crippen molar-refractivity contribution in [1.29, 1.82) is 0 Å². The molecule has 0 saturated heterocycles. The summed E-state index contributed by atoms with van der Waals surface area (Å²) >= 11 is 0. The van der Waals surface area contributed by atoms with E-state index < -0.39 is 19.3 Å². The highest BCUT2D eigenvalue weighted by molar-refractivity contribution is 7.55. The van der Waals surface area contributed by atoms with Crippen molar-refractivity contribution in [2.75, 3.05) is 14.2 Å². The lowest BCUT2D eigenvalue weighted by atomic mass is 10.1. The van der Waals surface area contributed by atoms with Crippen molar-refractivity contribution >= 4 is 19.3 Å². The zero-order chi connectivity index (χ0) is 12.9. The van der Waals surface area contributed by atoms with Gasteiger partial charge >= 0.3 is 7.60 Å². The maximum atomic E-state index is 12.1. The Morgan fingerprint density at radius 1 is 1.19 bits per heavy atom. The Labute approximate surface area is 95.2 Å². The zero-order valence-electron chi connectivity index (χ0n) is 10.1. The lowest BCUT2D eigenvalue weighted by molar-refractivity contribution is -0.127. The van der Waals surface area contributed by atoms with E-state index in [1.807, 2.05) is 0 Å². The Kier molecular flexibility index (Phi) is 5.86. The highest BCUT2D eigenvalue weighted by Crippen LogP contribution is 2.51. The molecule has 7 heteroatoms. The van der Waals surface area contributed by atoms with Crippen LogP contribution in [0.15, 0.2) is 0 Å². The second-order valence-corrected chi connectivity index (χ2v) is 5.89. The Morgan fingerprint density at radius 2 is 1.62 bits per heavy atom. The van der Waals surface area contributed by atoms with Crippen molar-refractivity contribution in [3.8, 4) is 0 Å². The molecule has 1 amide bonds. The molecule has 1 N–H and O–H groups in total. The normalized spacial score (nSPS) is 13.6. The van der Waals surface area contributed by atoms with Crippen molar-refractivity contribution in [1.82, 2.24) is 5.32 Å². The van der Waals surface area contributed by atoms with E-state index in [4.69, 9.17) is 9.05 Å². The van der Waals surface area contributed by atoms with Crippen LogP contribution in [0.1, 0.15) is 20.8 Å². The molecular formula is C9H18NO5P. The van der Waals surface area contributed by atoms with Gasteiger partial charge in [-0.25, -0.2) is 0 Å². The molecule has 6 nitrogen and oxygen atoms in total. The average Bonchev–Trinajstić information content (AvgIpc) is 2.23. The van der Waals surface area contributed by atoms with Gasteiger partial charge in [-0.1, -0.05) is 13.8 Å². The van der Waals surface area contributed by atoms with Gasteiger partial charge in [-0.3, -0.25) is 14.2 Å². The van der Waals surface area contributed by atoms with E-state index in [-0.39, 0.29) is 11.7 Å². The van der Waals surface area contributed by atoms with Gasteiger partial charge in [0.15, 0.2) is 11.6 Å². The molecule has 0 aromatic rings. The Morgan fingerprint density at radius 3 is 1.88 bits per heavy atom. The van der Waals surface area contributed by atoms with Crippen LogP contribution in [0.25, 0.3) is 0 Å². The molecule has 0 aliphatic rings. The van der Waals surface area contributed by atoms with Crippen molar-refractivity contribution < 1.29 is 23.2 Å². The summed E-state index contributed by atoms with van der Waals surface area (Å²) in [5.74, 6) is -2.48. The second kappa shape index (κ2) is 6.13. The van der Waals surface area contributed by atoms with E-state index >= 15 is 0 Å². The number of carbonyl (C=O) groups excluding carboxylic acids is 2. The molecule has 1 atom stereocenters. The fourth-order valence-electron chi connectivity index (χ4n) is 1.10. The maximum Gasteiger partial charge on any atom is 0.359 e. The third-order valence-electron chi connectivity index (χ3n) is 2.00.